The first-order valence-electron chi connectivity index (χ1n) is 6.58. The van der Waals surface area contributed by atoms with Gasteiger partial charge in [0.1, 0.15) is 18.4 Å². The Kier molecular flexibility index (Phi) is 5.83. The van der Waals surface area contributed by atoms with Crippen LogP contribution in [0.25, 0.3) is 0 Å². The SMILES string of the molecule is Cc1ccc(C)c(OCCNC(C(=O)O)C(C)C)c1. The molecule has 2 N–H and O–H groups in total. The molecule has 0 spiro atoms. The highest BCUT2D eigenvalue weighted by Gasteiger charge is 2.20. The lowest BCUT2D eigenvalue weighted by Crippen LogP contribution is -2.42. The number of carboxylic acids is 1. The van der Waals surface area contributed by atoms with Gasteiger partial charge in [0.05, 0.1) is 0 Å². The number of benzene rings is 1. The van der Waals surface area contributed by atoms with E-state index in [1.165, 1.54) is 0 Å². The second kappa shape index (κ2) is 7.14. The summed E-state index contributed by atoms with van der Waals surface area (Å²) in [4.78, 5) is 11.0. The molecule has 1 aromatic rings. The van der Waals surface area contributed by atoms with Crippen molar-refractivity contribution in [2.45, 2.75) is 33.7 Å². The minimum atomic E-state index is -0.818. The number of nitrogens with one attached hydrogen (secondary N) is 1. The van der Waals surface area contributed by atoms with Crippen molar-refractivity contribution in [2.75, 3.05) is 13.2 Å². The van der Waals surface area contributed by atoms with Gasteiger partial charge in [-0.3, -0.25) is 4.79 Å². The topological polar surface area (TPSA) is 58.6 Å². The molecule has 0 bridgehead atoms. The van der Waals surface area contributed by atoms with E-state index in [2.05, 4.69) is 5.32 Å². The van der Waals surface area contributed by atoms with Gasteiger partial charge in [0, 0.05) is 6.54 Å². The van der Waals surface area contributed by atoms with Gasteiger partial charge >= 0.3 is 5.97 Å². The lowest BCUT2D eigenvalue weighted by molar-refractivity contribution is -0.140. The van der Waals surface area contributed by atoms with E-state index in [4.69, 9.17) is 9.84 Å². The second-order valence-electron chi connectivity index (χ2n) is 5.13. The fraction of sp³-hybridized carbons (Fsp3) is 0.533. The Balaban J connectivity index is 2.42. The zero-order valence-corrected chi connectivity index (χ0v) is 12.1. The van der Waals surface area contributed by atoms with Crippen molar-refractivity contribution in [3.63, 3.8) is 0 Å². The van der Waals surface area contributed by atoms with E-state index in [9.17, 15) is 4.79 Å². The van der Waals surface area contributed by atoms with Gasteiger partial charge < -0.3 is 15.2 Å². The molecule has 0 radical (unpaired) electrons. The van der Waals surface area contributed by atoms with Crippen LogP contribution in [0.15, 0.2) is 18.2 Å². The van der Waals surface area contributed by atoms with Crippen LogP contribution in [0.5, 0.6) is 5.75 Å². The molecule has 106 valence electrons. The van der Waals surface area contributed by atoms with Crippen LogP contribution in [0.1, 0.15) is 25.0 Å². The van der Waals surface area contributed by atoms with Crippen LogP contribution >= 0.6 is 0 Å². The van der Waals surface area contributed by atoms with E-state index >= 15 is 0 Å². The first-order valence-corrected chi connectivity index (χ1v) is 6.58. The van der Waals surface area contributed by atoms with Crippen LogP contribution < -0.4 is 10.1 Å². The fourth-order valence-electron chi connectivity index (χ4n) is 1.85. The van der Waals surface area contributed by atoms with Crippen molar-refractivity contribution in [2.24, 2.45) is 5.92 Å². The lowest BCUT2D eigenvalue weighted by Gasteiger charge is -2.18. The molecule has 0 amide bonds. The summed E-state index contributed by atoms with van der Waals surface area (Å²) in [5, 5.41) is 12.0. The highest BCUT2D eigenvalue weighted by molar-refractivity contribution is 5.73. The number of ether oxygens (including phenoxy) is 1. The number of aliphatic carboxylic acids is 1. The summed E-state index contributed by atoms with van der Waals surface area (Å²) in [5.41, 5.74) is 2.24. The predicted molar refractivity (Wildman–Crippen MR) is 75.7 cm³/mol. The maximum absolute atomic E-state index is 11.0. The summed E-state index contributed by atoms with van der Waals surface area (Å²) in [6.07, 6.45) is 0. The van der Waals surface area contributed by atoms with Gasteiger partial charge in [0.25, 0.3) is 0 Å². The summed E-state index contributed by atoms with van der Waals surface area (Å²) < 4.78 is 5.67. The number of hydrogen-bond acceptors (Lipinski definition) is 3. The molecule has 1 rings (SSSR count). The Labute approximate surface area is 114 Å². The molecular formula is C15H23NO3. The molecule has 0 aliphatic rings. The Hall–Kier alpha value is -1.55. The number of carboxylic acid groups (broad SMARTS) is 1. The molecule has 0 saturated heterocycles. The molecule has 0 fully saturated rings. The van der Waals surface area contributed by atoms with E-state index in [0.29, 0.717) is 13.2 Å². The molecular weight excluding hydrogens is 242 g/mol. The molecule has 19 heavy (non-hydrogen) atoms. The average molecular weight is 265 g/mol. The third-order valence-corrected chi connectivity index (χ3v) is 3.00. The van der Waals surface area contributed by atoms with Crippen LogP contribution in [0.2, 0.25) is 0 Å². The predicted octanol–water partition coefficient (Wildman–Crippen LogP) is 2.38. The zero-order chi connectivity index (χ0) is 14.4. The van der Waals surface area contributed by atoms with Crippen LogP contribution in [0.4, 0.5) is 0 Å². The quantitative estimate of drug-likeness (QED) is 0.743. The van der Waals surface area contributed by atoms with Gasteiger partial charge in [0.2, 0.25) is 0 Å². The Morgan fingerprint density at radius 2 is 2.05 bits per heavy atom. The molecule has 0 heterocycles. The van der Waals surface area contributed by atoms with E-state index in [-0.39, 0.29) is 5.92 Å². The number of carbonyl (C=O) groups is 1. The average Bonchev–Trinajstić information content (AvgIpc) is 2.32. The van der Waals surface area contributed by atoms with E-state index in [1.54, 1.807) is 0 Å². The third kappa shape index (κ3) is 4.91. The Morgan fingerprint density at radius 3 is 2.63 bits per heavy atom. The van der Waals surface area contributed by atoms with Gasteiger partial charge in [-0.1, -0.05) is 26.0 Å². The fourth-order valence-corrected chi connectivity index (χ4v) is 1.85. The minimum Gasteiger partial charge on any atom is -0.492 e. The summed E-state index contributed by atoms with van der Waals surface area (Å²) in [6.45, 7) is 8.76. The molecule has 0 saturated carbocycles. The number of rotatable bonds is 7. The first-order chi connectivity index (χ1) is 8.91. The third-order valence-electron chi connectivity index (χ3n) is 3.00. The molecule has 1 unspecified atom stereocenters. The highest BCUT2D eigenvalue weighted by Crippen LogP contribution is 2.18. The molecule has 0 aliphatic carbocycles. The van der Waals surface area contributed by atoms with Gasteiger partial charge in [-0.2, -0.15) is 0 Å². The van der Waals surface area contributed by atoms with Crippen molar-refractivity contribution < 1.29 is 14.6 Å². The van der Waals surface area contributed by atoms with Gasteiger partial charge in [0.15, 0.2) is 0 Å². The van der Waals surface area contributed by atoms with Gasteiger partial charge in [-0.05, 0) is 37.0 Å². The Bertz CT molecular complexity index is 429. The molecule has 4 nitrogen and oxygen atoms in total. The van der Waals surface area contributed by atoms with Crippen molar-refractivity contribution in [3.05, 3.63) is 29.3 Å². The van der Waals surface area contributed by atoms with Crippen molar-refractivity contribution in [1.29, 1.82) is 0 Å². The van der Waals surface area contributed by atoms with Crippen molar-refractivity contribution in [3.8, 4) is 5.75 Å². The van der Waals surface area contributed by atoms with Crippen LogP contribution in [0, 0.1) is 19.8 Å². The zero-order valence-electron chi connectivity index (χ0n) is 12.1. The number of hydrogen-bond donors (Lipinski definition) is 2. The van der Waals surface area contributed by atoms with Crippen molar-refractivity contribution in [1.82, 2.24) is 5.32 Å². The minimum absolute atomic E-state index is 0.0539. The van der Waals surface area contributed by atoms with E-state index < -0.39 is 12.0 Å². The smallest absolute Gasteiger partial charge is 0.320 e. The molecule has 0 aliphatic heterocycles. The lowest BCUT2D eigenvalue weighted by atomic mass is 10.1. The first kappa shape index (κ1) is 15.5. The second-order valence-corrected chi connectivity index (χ2v) is 5.13. The van der Waals surface area contributed by atoms with Crippen LogP contribution in [0.3, 0.4) is 0 Å². The highest BCUT2D eigenvalue weighted by atomic mass is 16.5. The van der Waals surface area contributed by atoms with Crippen LogP contribution in [-0.4, -0.2) is 30.3 Å². The van der Waals surface area contributed by atoms with Gasteiger partial charge in [-0.25, -0.2) is 0 Å². The van der Waals surface area contributed by atoms with E-state index in [1.807, 2.05) is 45.9 Å². The summed E-state index contributed by atoms with van der Waals surface area (Å²) in [7, 11) is 0. The molecule has 4 heteroatoms. The normalized spacial score (nSPS) is 12.5. The summed E-state index contributed by atoms with van der Waals surface area (Å²) in [5.74, 6) is 0.0955. The summed E-state index contributed by atoms with van der Waals surface area (Å²) in [6, 6.07) is 5.53. The van der Waals surface area contributed by atoms with Crippen molar-refractivity contribution >= 4 is 5.97 Å². The molecule has 1 atom stereocenters. The van der Waals surface area contributed by atoms with Gasteiger partial charge in [-0.15, -0.1) is 0 Å². The molecule has 1 aromatic carbocycles. The largest absolute Gasteiger partial charge is 0.492 e. The maximum atomic E-state index is 11.0. The monoisotopic (exact) mass is 265 g/mol. The standard InChI is InChI=1S/C15H23NO3/c1-10(2)14(15(17)18)16-7-8-19-13-9-11(3)5-6-12(13)4/h5-6,9-10,14,16H,7-8H2,1-4H3,(H,17,18). The van der Waals surface area contributed by atoms with Crippen LogP contribution in [-0.2, 0) is 4.79 Å². The molecule has 0 aromatic heterocycles. The number of aryl methyl sites for hydroxylation is 2. The Morgan fingerprint density at radius 1 is 1.37 bits per heavy atom. The summed E-state index contributed by atoms with van der Waals surface area (Å²) >= 11 is 0. The maximum Gasteiger partial charge on any atom is 0.320 e. The van der Waals surface area contributed by atoms with E-state index in [0.717, 1.165) is 16.9 Å².